The zero-order chi connectivity index (χ0) is 13.4. The van der Waals surface area contributed by atoms with Crippen LogP contribution in [0.4, 0.5) is 5.69 Å². The van der Waals surface area contributed by atoms with Gasteiger partial charge in [-0.15, -0.1) is 0 Å². The Labute approximate surface area is 117 Å². The van der Waals surface area contributed by atoms with Crippen LogP contribution in [0.15, 0.2) is 18.2 Å². The number of amides is 1. The van der Waals surface area contributed by atoms with Crippen molar-refractivity contribution in [2.24, 2.45) is 0 Å². The molecule has 102 valence electrons. The third-order valence-electron chi connectivity index (χ3n) is 3.47. The number of carbonyl (C=O) groups is 1. The maximum Gasteiger partial charge on any atom is 0.256 e. The lowest BCUT2D eigenvalue weighted by Crippen LogP contribution is -2.46. The van der Waals surface area contributed by atoms with Crippen molar-refractivity contribution in [3.8, 4) is 5.75 Å². The SMILES string of the molecule is C[C@@H]1CN(C(=O)[C@@H]2CCCO2)c2cccc(Cl)c2O1. The Morgan fingerprint density at radius 3 is 3.05 bits per heavy atom. The molecule has 1 aromatic carbocycles. The van der Waals surface area contributed by atoms with Crippen molar-refractivity contribution in [1.29, 1.82) is 0 Å². The molecule has 1 aromatic rings. The number of para-hydroxylation sites is 1. The van der Waals surface area contributed by atoms with Gasteiger partial charge in [-0.3, -0.25) is 4.79 Å². The van der Waals surface area contributed by atoms with E-state index in [1.54, 1.807) is 11.0 Å². The minimum Gasteiger partial charge on any atom is -0.485 e. The molecule has 0 aromatic heterocycles. The summed E-state index contributed by atoms with van der Waals surface area (Å²) in [6, 6.07) is 5.46. The summed E-state index contributed by atoms with van der Waals surface area (Å²) in [6.07, 6.45) is 1.34. The fourth-order valence-corrected chi connectivity index (χ4v) is 2.79. The van der Waals surface area contributed by atoms with Crippen molar-refractivity contribution >= 4 is 23.2 Å². The number of ether oxygens (including phenoxy) is 2. The Hall–Kier alpha value is -1.26. The van der Waals surface area contributed by atoms with Gasteiger partial charge in [-0.25, -0.2) is 0 Å². The van der Waals surface area contributed by atoms with Crippen LogP contribution in [0, 0.1) is 0 Å². The van der Waals surface area contributed by atoms with Crippen LogP contribution in [0.5, 0.6) is 5.75 Å². The molecule has 0 unspecified atom stereocenters. The Bertz CT molecular complexity index is 499. The monoisotopic (exact) mass is 281 g/mol. The van der Waals surface area contributed by atoms with Gasteiger partial charge in [0, 0.05) is 6.61 Å². The summed E-state index contributed by atoms with van der Waals surface area (Å²) in [5, 5.41) is 0.536. The first-order valence-electron chi connectivity index (χ1n) is 6.55. The van der Waals surface area contributed by atoms with E-state index < -0.39 is 0 Å². The molecule has 0 saturated carbocycles. The van der Waals surface area contributed by atoms with Crippen LogP contribution < -0.4 is 9.64 Å². The number of carbonyl (C=O) groups excluding carboxylic acids is 1. The van der Waals surface area contributed by atoms with Gasteiger partial charge in [-0.1, -0.05) is 17.7 Å². The van der Waals surface area contributed by atoms with Crippen LogP contribution in [0.1, 0.15) is 19.8 Å². The zero-order valence-electron chi connectivity index (χ0n) is 10.8. The van der Waals surface area contributed by atoms with Crippen molar-refractivity contribution < 1.29 is 14.3 Å². The fourth-order valence-electron chi connectivity index (χ4n) is 2.58. The molecule has 0 spiro atoms. The molecule has 1 fully saturated rings. The molecule has 0 N–H and O–H groups in total. The molecule has 0 radical (unpaired) electrons. The number of rotatable bonds is 1. The van der Waals surface area contributed by atoms with Crippen LogP contribution in [-0.2, 0) is 9.53 Å². The van der Waals surface area contributed by atoms with E-state index in [0.29, 0.717) is 23.9 Å². The summed E-state index contributed by atoms with van der Waals surface area (Å²) in [5.41, 5.74) is 0.742. The number of fused-ring (bicyclic) bond motifs is 1. The smallest absolute Gasteiger partial charge is 0.256 e. The molecule has 4 nitrogen and oxygen atoms in total. The van der Waals surface area contributed by atoms with Crippen molar-refractivity contribution in [2.75, 3.05) is 18.1 Å². The van der Waals surface area contributed by atoms with Gasteiger partial charge in [0.15, 0.2) is 5.75 Å². The molecular formula is C14H16ClNO3. The Balaban J connectivity index is 1.94. The highest BCUT2D eigenvalue weighted by Gasteiger charge is 2.34. The van der Waals surface area contributed by atoms with Crippen molar-refractivity contribution in [3.05, 3.63) is 23.2 Å². The summed E-state index contributed by atoms with van der Waals surface area (Å²) in [4.78, 5) is 14.3. The molecule has 5 heteroatoms. The molecule has 19 heavy (non-hydrogen) atoms. The third kappa shape index (κ3) is 2.30. The number of hydrogen-bond acceptors (Lipinski definition) is 3. The number of halogens is 1. The highest BCUT2D eigenvalue weighted by molar-refractivity contribution is 6.32. The predicted molar refractivity (Wildman–Crippen MR) is 72.9 cm³/mol. The first-order valence-corrected chi connectivity index (χ1v) is 6.93. The zero-order valence-corrected chi connectivity index (χ0v) is 11.5. The molecular weight excluding hydrogens is 266 g/mol. The fraction of sp³-hybridized carbons (Fsp3) is 0.500. The maximum absolute atomic E-state index is 12.5. The summed E-state index contributed by atoms with van der Waals surface area (Å²) in [7, 11) is 0. The maximum atomic E-state index is 12.5. The van der Waals surface area contributed by atoms with Crippen LogP contribution in [0.3, 0.4) is 0 Å². The molecule has 2 heterocycles. The lowest BCUT2D eigenvalue weighted by Gasteiger charge is -2.35. The van der Waals surface area contributed by atoms with Crippen molar-refractivity contribution in [1.82, 2.24) is 0 Å². The molecule has 1 amide bonds. The molecule has 0 aliphatic carbocycles. The number of hydrogen-bond donors (Lipinski definition) is 0. The highest BCUT2D eigenvalue weighted by atomic mass is 35.5. The summed E-state index contributed by atoms with van der Waals surface area (Å²) in [5.74, 6) is 0.602. The van der Waals surface area contributed by atoms with Gasteiger partial charge in [0.2, 0.25) is 0 Å². The van der Waals surface area contributed by atoms with E-state index >= 15 is 0 Å². The van der Waals surface area contributed by atoms with Gasteiger partial charge >= 0.3 is 0 Å². The van der Waals surface area contributed by atoms with E-state index in [0.717, 1.165) is 18.5 Å². The van der Waals surface area contributed by atoms with Gasteiger partial charge in [0.05, 0.1) is 17.3 Å². The van der Waals surface area contributed by atoms with E-state index in [4.69, 9.17) is 21.1 Å². The number of anilines is 1. The first kappa shape index (κ1) is 12.8. The van der Waals surface area contributed by atoms with Gasteiger partial charge in [0.25, 0.3) is 5.91 Å². The average molecular weight is 282 g/mol. The molecule has 2 atom stereocenters. The quantitative estimate of drug-likeness (QED) is 0.794. The largest absolute Gasteiger partial charge is 0.485 e. The topological polar surface area (TPSA) is 38.8 Å². The summed E-state index contributed by atoms with van der Waals surface area (Å²) < 4.78 is 11.2. The summed E-state index contributed by atoms with van der Waals surface area (Å²) >= 11 is 6.14. The second-order valence-electron chi connectivity index (χ2n) is 4.97. The van der Waals surface area contributed by atoms with Crippen molar-refractivity contribution in [2.45, 2.75) is 32.0 Å². The molecule has 2 aliphatic rings. The number of benzene rings is 1. The highest BCUT2D eigenvalue weighted by Crippen LogP contribution is 2.39. The van der Waals surface area contributed by atoms with Gasteiger partial charge in [-0.05, 0) is 31.9 Å². The Morgan fingerprint density at radius 1 is 1.47 bits per heavy atom. The minimum atomic E-state index is -0.322. The van der Waals surface area contributed by atoms with Crippen molar-refractivity contribution in [3.63, 3.8) is 0 Å². The Morgan fingerprint density at radius 2 is 2.32 bits per heavy atom. The third-order valence-corrected chi connectivity index (χ3v) is 3.76. The lowest BCUT2D eigenvalue weighted by molar-refractivity contribution is -0.127. The molecule has 1 saturated heterocycles. The first-order chi connectivity index (χ1) is 9.16. The summed E-state index contributed by atoms with van der Waals surface area (Å²) in [6.45, 7) is 3.13. The standard InChI is InChI=1S/C14H16ClNO3/c1-9-8-16(14(17)12-6-3-7-18-12)11-5-2-4-10(15)13(11)19-9/h2,4-5,9,12H,3,6-8H2,1H3/t9-,12+/m1/s1. The molecule has 3 rings (SSSR count). The van der Waals surface area contributed by atoms with E-state index in [-0.39, 0.29) is 18.1 Å². The lowest BCUT2D eigenvalue weighted by atomic mass is 10.1. The second-order valence-corrected chi connectivity index (χ2v) is 5.37. The van der Waals surface area contributed by atoms with Crippen LogP contribution >= 0.6 is 11.6 Å². The predicted octanol–water partition coefficient (Wildman–Crippen LogP) is 2.63. The van der Waals surface area contributed by atoms with E-state index in [9.17, 15) is 4.79 Å². The second kappa shape index (κ2) is 5.02. The van der Waals surface area contributed by atoms with Gasteiger partial charge in [0.1, 0.15) is 12.2 Å². The van der Waals surface area contributed by atoms with E-state index in [1.807, 2.05) is 19.1 Å². The molecule has 0 bridgehead atoms. The van der Waals surface area contributed by atoms with Gasteiger partial charge in [-0.2, -0.15) is 0 Å². The molecule has 2 aliphatic heterocycles. The normalized spacial score (nSPS) is 25.9. The van der Waals surface area contributed by atoms with E-state index in [1.165, 1.54) is 0 Å². The minimum absolute atomic E-state index is 0.0103. The van der Waals surface area contributed by atoms with Crippen LogP contribution in [0.25, 0.3) is 0 Å². The van der Waals surface area contributed by atoms with Crippen LogP contribution in [0.2, 0.25) is 5.02 Å². The number of nitrogens with zero attached hydrogens (tertiary/aromatic N) is 1. The average Bonchev–Trinajstić information content (AvgIpc) is 2.92. The van der Waals surface area contributed by atoms with Crippen LogP contribution in [-0.4, -0.2) is 31.3 Å². The Kier molecular flexibility index (Phi) is 3.37. The van der Waals surface area contributed by atoms with Gasteiger partial charge < -0.3 is 14.4 Å². The van der Waals surface area contributed by atoms with E-state index in [2.05, 4.69) is 0 Å².